The molecule has 0 atom stereocenters. The fourth-order valence-corrected chi connectivity index (χ4v) is 2.65. The molecule has 0 saturated heterocycles. The Bertz CT molecular complexity index is 639. The summed E-state index contributed by atoms with van der Waals surface area (Å²) < 4.78 is 11.4. The lowest BCUT2D eigenvalue weighted by Gasteiger charge is -2.13. The molecule has 0 aliphatic heterocycles. The first-order chi connectivity index (χ1) is 9.52. The van der Waals surface area contributed by atoms with Gasteiger partial charge in [0.25, 0.3) is 5.91 Å². The van der Waals surface area contributed by atoms with Gasteiger partial charge in [-0.2, -0.15) is 0 Å². The summed E-state index contributed by atoms with van der Waals surface area (Å²) in [6, 6.07) is 5.07. The van der Waals surface area contributed by atoms with Crippen LogP contribution in [0.5, 0.6) is 5.75 Å². The van der Waals surface area contributed by atoms with Gasteiger partial charge >= 0.3 is 0 Å². The van der Waals surface area contributed by atoms with Crippen LogP contribution in [0, 0.1) is 6.92 Å². The Balaban J connectivity index is 2.33. The number of rotatable bonds is 4. The van der Waals surface area contributed by atoms with E-state index in [1.54, 1.807) is 25.1 Å². The molecule has 2 aromatic rings. The molecule has 6 heteroatoms. The molecule has 4 nitrogen and oxygen atoms in total. The Morgan fingerprint density at radius 2 is 2.25 bits per heavy atom. The Labute approximate surface area is 130 Å². The van der Waals surface area contributed by atoms with Crippen molar-refractivity contribution < 1.29 is 13.9 Å². The average Bonchev–Trinajstić information content (AvgIpc) is 2.80. The number of carbonyl (C=O) groups excluding carboxylic acids is 1. The van der Waals surface area contributed by atoms with Crippen molar-refractivity contribution in [2.45, 2.75) is 13.8 Å². The van der Waals surface area contributed by atoms with E-state index in [-0.39, 0.29) is 11.7 Å². The average molecular weight is 359 g/mol. The highest BCUT2D eigenvalue weighted by Gasteiger charge is 2.17. The van der Waals surface area contributed by atoms with Crippen molar-refractivity contribution in [1.29, 1.82) is 0 Å². The van der Waals surface area contributed by atoms with Crippen molar-refractivity contribution in [3.63, 3.8) is 0 Å². The first-order valence-electron chi connectivity index (χ1n) is 6.00. The van der Waals surface area contributed by atoms with E-state index >= 15 is 0 Å². The van der Waals surface area contributed by atoms with Crippen LogP contribution in [0.3, 0.4) is 0 Å². The van der Waals surface area contributed by atoms with Crippen LogP contribution in [0.15, 0.2) is 33.4 Å². The van der Waals surface area contributed by atoms with Gasteiger partial charge in [0.15, 0.2) is 11.5 Å². The fourth-order valence-electron chi connectivity index (χ4n) is 1.73. The van der Waals surface area contributed by atoms with Gasteiger partial charge in [-0.3, -0.25) is 4.79 Å². The molecule has 0 saturated carbocycles. The summed E-state index contributed by atoms with van der Waals surface area (Å²) >= 11 is 9.37. The molecule has 0 radical (unpaired) electrons. The number of benzene rings is 1. The quantitative estimate of drug-likeness (QED) is 0.865. The van der Waals surface area contributed by atoms with Crippen LogP contribution in [-0.2, 0) is 0 Å². The summed E-state index contributed by atoms with van der Waals surface area (Å²) in [5.41, 5.74) is 1.26. The molecule has 0 fully saturated rings. The molecule has 2 rings (SSSR count). The lowest BCUT2D eigenvalue weighted by molar-refractivity contribution is 0.0995. The molecule has 1 amide bonds. The van der Waals surface area contributed by atoms with Crippen molar-refractivity contribution in [2.75, 3.05) is 11.9 Å². The molecular formula is C14H13BrClNO3. The third-order valence-corrected chi connectivity index (χ3v) is 3.42. The highest BCUT2D eigenvalue weighted by molar-refractivity contribution is 9.10. The van der Waals surface area contributed by atoms with E-state index in [2.05, 4.69) is 21.2 Å². The van der Waals surface area contributed by atoms with E-state index in [9.17, 15) is 4.79 Å². The summed E-state index contributed by atoms with van der Waals surface area (Å²) in [7, 11) is 0. The number of nitrogens with one attached hydrogen (secondary N) is 1. The molecule has 20 heavy (non-hydrogen) atoms. The number of ether oxygens (including phenoxy) is 1. The van der Waals surface area contributed by atoms with Gasteiger partial charge in [-0.1, -0.05) is 11.6 Å². The smallest absolute Gasteiger partial charge is 0.291 e. The molecular weight excluding hydrogens is 346 g/mol. The van der Waals surface area contributed by atoms with E-state index in [1.165, 1.54) is 6.26 Å². The zero-order valence-electron chi connectivity index (χ0n) is 11.0. The van der Waals surface area contributed by atoms with Crippen molar-refractivity contribution in [1.82, 2.24) is 0 Å². The highest BCUT2D eigenvalue weighted by Crippen LogP contribution is 2.37. The summed E-state index contributed by atoms with van der Waals surface area (Å²) in [6.07, 6.45) is 1.47. The van der Waals surface area contributed by atoms with E-state index in [4.69, 9.17) is 20.8 Å². The molecule has 0 unspecified atom stereocenters. The van der Waals surface area contributed by atoms with Crippen molar-refractivity contribution >= 4 is 39.1 Å². The van der Waals surface area contributed by atoms with Crippen LogP contribution >= 0.6 is 27.5 Å². The molecule has 0 aliphatic carbocycles. The van der Waals surface area contributed by atoms with Crippen LogP contribution in [0.2, 0.25) is 5.02 Å². The SMILES string of the molecule is CCOc1c(Br)cc(Cl)cc1NC(=O)c1occc1C. The second-order valence-corrected chi connectivity index (χ2v) is 5.37. The number of anilines is 1. The van der Waals surface area contributed by atoms with Gasteiger partial charge in [-0.25, -0.2) is 0 Å². The Kier molecular flexibility index (Phi) is 4.73. The van der Waals surface area contributed by atoms with Crippen molar-refractivity contribution in [3.8, 4) is 5.75 Å². The van der Waals surface area contributed by atoms with E-state index in [1.807, 2.05) is 6.92 Å². The maximum Gasteiger partial charge on any atom is 0.291 e. The molecule has 106 valence electrons. The third kappa shape index (κ3) is 3.16. The number of hydrogen-bond donors (Lipinski definition) is 1. The topological polar surface area (TPSA) is 51.5 Å². The minimum absolute atomic E-state index is 0.267. The molecule has 1 aromatic carbocycles. The first kappa shape index (κ1) is 14.9. The summed E-state index contributed by atoms with van der Waals surface area (Å²) in [6.45, 7) is 4.14. The molecule has 0 aliphatic rings. The molecule has 0 bridgehead atoms. The predicted octanol–water partition coefficient (Wildman–Crippen LogP) is 4.65. The van der Waals surface area contributed by atoms with E-state index < -0.39 is 0 Å². The Hall–Kier alpha value is -1.46. The number of hydrogen-bond acceptors (Lipinski definition) is 3. The van der Waals surface area contributed by atoms with Gasteiger partial charge in [0.05, 0.1) is 23.0 Å². The van der Waals surface area contributed by atoms with Crippen LogP contribution in [0.25, 0.3) is 0 Å². The lowest BCUT2D eigenvalue weighted by atomic mass is 10.2. The molecule has 1 aromatic heterocycles. The number of carbonyl (C=O) groups is 1. The highest BCUT2D eigenvalue weighted by atomic mass is 79.9. The zero-order chi connectivity index (χ0) is 14.7. The van der Waals surface area contributed by atoms with Crippen LogP contribution in [-0.4, -0.2) is 12.5 Å². The van der Waals surface area contributed by atoms with Gasteiger partial charge in [-0.05, 0) is 48.0 Å². The maximum absolute atomic E-state index is 12.2. The molecule has 0 spiro atoms. The molecule has 1 heterocycles. The number of aryl methyl sites for hydroxylation is 1. The first-order valence-corrected chi connectivity index (χ1v) is 7.17. The van der Waals surface area contributed by atoms with Crippen molar-refractivity contribution in [3.05, 3.63) is 45.3 Å². The number of halogens is 2. The minimum Gasteiger partial charge on any atom is -0.491 e. The van der Waals surface area contributed by atoms with Gasteiger partial charge < -0.3 is 14.5 Å². The zero-order valence-corrected chi connectivity index (χ0v) is 13.3. The van der Waals surface area contributed by atoms with Crippen LogP contribution in [0.1, 0.15) is 23.0 Å². The second-order valence-electron chi connectivity index (χ2n) is 4.08. The monoisotopic (exact) mass is 357 g/mol. The number of furan rings is 1. The second kappa shape index (κ2) is 6.33. The van der Waals surface area contributed by atoms with Gasteiger partial charge in [0.2, 0.25) is 0 Å². The van der Waals surface area contributed by atoms with Crippen molar-refractivity contribution in [2.24, 2.45) is 0 Å². The molecule has 1 N–H and O–H groups in total. The van der Waals surface area contributed by atoms with Gasteiger partial charge in [-0.15, -0.1) is 0 Å². The normalized spacial score (nSPS) is 10.4. The Morgan fingerprint density at radius 3 is 2.85 bits per heavy atom. The maximum atomic E-state index is 12.2. The largest absolute Gasteiger partial charge is 0.491 e. The summed E-state index contributed by atoms with van der Waals surface area (Å²) in [4.78, 5) is 12.2. The van der Waals surface area contributed by atoms with Gasteiger partial charge in [0, 0.05) is 10.6 Å². The van der Waals surface area contributed by atoms with Gasteiger partial charge in [0.1, 0.15) is 0 Å². The minimum atomic E-state index is -0.345. The predicted molar refractivity (Wildman–Crippen MR) is 81.7 cm³/mol. The summed E-state index contributed by atoms with van der Waals surface area (Å²) in [5.74, 6) is 0.459. The third-order valence-electron chi connectivity index (χ3n) is 2.61. The number of amides is 1. The van der Waals surface area contributed by atoms with E-state index in [0.29, 0.717) is 27.5 Å². The Morgan fingerprint density at radius 1 is 1.50 bits per heavy atom. The lowest BCUT2D eigenvalue weighted by Crippen LogP contribution is -2.13. The standard InChI is InChI=1S/C14H13BrClNO3/c1-3-19-13-10(15)6-9(16)7-11(13)17-14(18)12-8(2)4-5-20-12/h4-7H,3H2,1-2H3,(H,17,18). The van der Waals surface area contributed by atoms with Crippen LogP contribution in [0.4, 0.5) is 5.69 Å². The fraction of sp³-hybridized carbons (Fsp3) is 0.214. The summed E-state index contributed by atoms with van der Waals surface area (Å²) in [5, 5.41) is 3.24. The van der Waals surface area contributed by atoms with Crippen LogP contribution < -0.4 is 10.1 Å². The van der Waals surface area contributed by atoms with E-state index in [0.717, 1.165) is 5.56 Å².